The summed E-state index contributed by atoms with van der Waals surface area (Å²) in [5, 5.41) is 7.06. The molecule has 1 saturated carbocycles. The minimum Gasteiger partial charge on any atom is -0.495 e. The number of ether oxygens (including phenoxy) is 1. The third-order valence-electron chi connectivity index (χ3n) is 6.42. The van der Waals surface area contributed by atoms with Crippen LogP contribution in [0.15, 0.2) is 29.1 Å². The molecule has 1 aromatic carbocycles. The zero-order valence-electron chi connectivity index (χ0n) is 17.5. The molecule has 2 fully saturated rings. The first kappa shape index (κ1) is 20.0. The van der Waals surface area contributed by atoms with Gasteiger partial charge in [0.05, 0.1) is 12.8 Å². The fourth-order valence-electron chi connectivity index (χ4n) is 4.77. The lowest BCUT2D eigenvalue weighted by molar-refractivity contribution is 0.256. The SMILES string of the molecule is COc1ccccc1N1CCN(CCc2n[nH]c(=O)n2C2CCCCCC2)CC1. The van der Waals surface area contributed by atoms with Crippen LogP contribution in [0.5, 0.6) is 5.75 Å². The van der Waals surface area contributed by atoms with Gasteiger partial charge in [-0.25, -0.2) is 9.89 Å². The van der Waals surface area contributed by atoms with Crippen LogP contribution in [0.2, 0.25) is 0 Å². The molecule has 2 heterocycles. The molecule has 1 aliphatic heterocycles. The highest BCUT2D eigenvalue weighted by molar-refractivity contribution is 5.58. The van der Waals surface area contributed by atoms with Crippen LogP contribution in [0.4, 0.5) is 5.69 Å². The van der Waals surface area contributed by atoms with Crippen molar-refractivity contribution in [1.29, 1.82) is 0 Å². The number of nitrogens with zero attached hydrogens (tertiary/aromatic N) is 4. The molecule has 4 rings (SSSR count). The molecule has 29 heavy (non-hydrogen) atoms. The second kappa shape index (κ2) is 9.48. The van der Waals surface area contributed by atoms with Crippen molar-refractivity contribution in [3.63, 3.8) is 0 Å². The van der Waals surface area contributed by atoms with Crippen molar-refractivity contribution >= 4 is 5.69 Å². The number of anilines is 1. The molecule has 1 aliphatic carbocycles. The Morgan fingerprint density at radius 1 is 1.07 bits per heavy atom. The maximum absolute atomic E-state index is 12.4. The molecule has 1 aromatic heterocycles. The number of aromatic nitrogens is 3. The number of H-pyrrole nitrogens is 1. The summed E-state index contributed by atoms with van der Waals surface area (Å²) in [5.74, 6) is 1.86. The van der Waals surface area contributed by atoms with Crippen LogP contribution in [0.25, 0.3) is 0 Å². The number of hydrogen-bond acceptors (Lipinski definition) is 5. The summed E-state index contributed by atoms with van der Waals surface area (Å²) in [6, 6.07) is 8.54. The third kappa shape index (κ3) is 4.66. The summed E-state index contributed by atoms with van der Waals surface area (Å²) in [4.78, 5) is 17.2. The van der Waals surface area contributed by atoms with E-state index in [1.165, 1.54) is 31.4 Å². The Hall–Kier alpha value is -2.28. The maximum Gasteiger partial charge on any atom is 0.343 e. The highest BCUT2D eigenvalue weighted by Crippen LogP contribution is 2.29. The molecule has 0 radical (unpaired) electrons. The summed E-state index contributed by atoms with van der Waals surface area (Å²) < 4.78 is 7.47. The van der Waals surface area contributed by atoms with E-state index in [0.717, 1.165) is 63.6 Å². The monoisotopic (exact) mass is 399 g/mol. The van der Waals surface area contributed by atoms with Gasteiger partial charge in [0.2, 0.25) is 0 Å². The lowest BCUT2D eigenvalue weighted by Gasteiger charge is -2.36. The minimum absolute atomic E-state index is 0.0344. The van der Waals surface area contributed by atoms with Gasteiger partial charge < -0.3 is 9.64 Å². The first-order chi connectivity index (χ1) is 14.3. The number of benzene rings is 1. The minimum atomic E-state index is -0.0344. The Bertz CT molecular complexity index is 830. The molecule has 0 amide bonds. The van der Waals surface area contributed by atoms with E-state index in [-0.39, 0.29) is 5.69 Å². The van der Waals surface area contributed by atoms with E-state index >= 15 is 0 Å². The number of aromatic amines is 1. The van der Waals surface area contributed by atoms with Crippen LogP contribution < -0.4 is 15.3 Å². The summed E-state index contributed by atoms with van der Waals surface area (Å²) in [6.07, 6.45) is 8.03. The zero-order chi connectivity index (χ0) is 20.1. The third-order valence-corrected chi connectivity index (χ3v) is 6.42. The van der Waals surface area contributed by atoms with Crippen LogP contribution in [0.1, 0.15) is 50.4 Å². The number of hydrogen-bond donors (Lipinski definition) is 1. The number of nitrogens with one attached hydrogen (secondary N) is 1. The molecule has 0 spiro atoms. The topological polar surface area (TPSA) is 66.4 Å². The van der Waals surface area contributed by atoms with Crippen LogP contribution >= 0.6 is 0 Å². The molecule has 0 atom stereocenters. The van der Waals surface area contributed by atoms with Gasteiger partial charge in [0.25, 0.3) is 0 Å². The lowest BCUT2D eigenvalue weighted by atomic mass is 10.1. The molecule has 2 aliphatic rings. The number of methoxy groups -OCH3 is 1. The van der Waals surface area contributed by atoms with Crippen molar-refractivity contribution in [2.24, 2.45) is 0 Å². The Labute approximate surface area is 172 Å². The number of para-hydroxylation sites is 2. The Morgan fingerprint density at radius 3 is 2.52 bits per heavy atom. The van der Waals surface area contributed by atoms with Gasteiger partial charge in [0.1, 0.15) is 11.6 Å². The van der Waals surface area contributed by atoms with Crippen molar-refractivity contribution in [1.82, 2.24) is 19.7 Å². The Kier molecular flexibility index (Phi) is 6.54. The van der Waals surface area contributed by atoms with E-state index in [4.69, 9.17) is 4.74 Å². The van der Waals surface area contributed by atoms with Gasteiger partial charge in [-0.1, -0.05) is 37.8 Å². The van der Waals surface area contributed by atoms with Crippen molar-refractivity contribution < 1.29 is 4.74 Å². The Morgan fingerprint density at radius 2 is 1.79 bits per heavy atom. The van der Waals surface area contributed by atoms with E-state index in [1.54, 1.807) is 7.11 Å². The molecule has 7 nitrogen and oxygen atoms in total. The normalized spacial score (nSPS) is 19.3. The first-order valence-electron chi connectivity index (χ1n) is 11.0. The van der Waals surface area contributed by atoms with E-state index in [1.807, 2.05) is 16.7 Å². The van der Waals surface area contributed by atoms with Crippen molar-refractivity contribution in [2.75, 3.05) is 44.7 Å². The van der Waals surface area contributed by atoms with Gasteiger partial charge in [-0.05, 0) is 25.0 Å². The highest BCUT2D eigenvalue weighted by Gasteiger charge is 2.22. The van der Waals surface area contributed by atoms with E-state index in [2.05, 4.69) is 32.1 Å². The highest BCUT2D eigenvalue weighted by atomic mass is 16.5. The van der Waals surface area contributed by atoms with Gasteiger partial charge >= 0.3 is 5.69 Å². The quantitative estimate of drug-likeness (QED) is 0.757. The van der Waals surface area contributed by atoms with E-state index in [0.29, 0.717) is 6.04 Å². The molecule has 1 N–H and O–H groups in total. The molecule has 0 unspecified atom stereocenters. The van der Waals surface area contributed by atoms with Gasteiger partial charge in [0, 0.05) is 45.2 Å². The molecule has 2 aromatic rings. The average molecular weight is 400 g/mol. The largest absolute Gasteiger partial charge is 0.495 e. The lowest BCUT2D eigenvalue weighted by Crippen LogP contribution is -2.47. The zero-order valence-corrected chi connectivity index (χ0v) is 17.5. The van der Waals surface area contributed by atoms with E-state index in [9.17, 15) is 4.79 Å². The number of piperazine rings is 1. The second-order valence-electron chi connectivity index (χ2n) is 8.21. The summed E-state index contributed by atoms with van der Waals surface area (Å²) in [5.41, 5.74) is 1.14. The van der Waals surface area contributed by atoms with Gasteiger partial charge in [-0.3, -0.25) is 9.47 Å². The second-order valence-corrected chi connectivity index (χ2v) is 8.21. The molecule has 0 bridgehead atoms. The fraction of sp³-hybridized carbons (Fsp3) is 0.636. The standard InChI is InChI=1S/C22H33N5O2/c1-29-20-11-7-6-10-19(20)26-16-14-25(15-17-26)13-12-21-23-24-22(28)27(21)18-8-4-2-3-5-9-18/h6-7,10-11,18H,2-5,8-9,12-17H2,1H3,(H,24,28). The molecule has 158 valence electrons. The molecular weight excluding hydrogens is 366 g/mol. The van der Waals surface area contributed by atoms with Crippen LogP contribution in [0, 0.1) is 0 Å². The van der Waals surface area contributed by atoms with Gasteiger partial charge in [0.15, 0.2) is 0 Å². The molecule has 1 saturated heterocycles. The summed E-state index contributed by atoms with van der Waals surface area (Å²) in [7, 11) is 1.73. The van der Waals surface area contributed by atoms with Crippen molar-refractivity contribution in [3.8, 4) is 5.75 Å². The summed E-state index contributed by atoms with van der Waals surface area (Å²) in [6.45, 7) is 4.93. The van der Waals surface area contributed by atoms with Gasteiger partial charge in [-0.2, -0.15) is 5.10 Å². The van der Waals surface area contributed by atoms with Crippen molar-refractivity contribution in [2.45, 2.75) is 51.0 Å². The smallest absolute Gasteiger partial charge is 0.343 e. The fourth-order valence-corrected chi connectivity index (χ4v) is 4.77. The predicted octanol–water partition coefficient (Wildman–Crippen LogP) is 2.84. The van der Waals surface area contributed by atoms with E-state index < -0.39 is 0 Å². The van der Waals surface area contributed by atoms with Crippen LogP contribution in [-0.2, 0) is 6.42 Å². The van der Waals surface area contributed by atoms with Crippen LogP contribution in [-0.4, -0.2) is 59.5 Å². The molecule has 7 heteroatoms. The van der Waals surface area contributed by atoms with Crippen molar-refractivity contribution in [3.05, 3.63) is 40.6 Å². The molecular formula is C22H33N5O2. The summed E-state index contributed by atoms with van der Waals surface area (Å²) >= 11 is 0. The predicted molar refractivity (Wildman–Crippen MR) is 115 cm³/mol. The van der Waals surface area contributed by atoms with Gasteiger partial charge in [-0.15, -0.1) is 0 Å². The average Bonchev–Trinajstić information content (AvgIpc) is 2.95. The maximum atomic E-state index is 12.4. The first-order valence-corrected chi connectivity index (χ1v) is 11.0. The number of rotatable bonds is 6. The van der Waals surface area contributed by atoms with Crippen LogP contribution in [0.3, 0.4) is 0 Å². The Balaban J connectivity index is 1.34.